The largest absolute Gasteiger partial charge is 0.506 e. The van der Waals surface area contributed by atoms with Gasteiger partial charge in [0.15, 0.2) is 0 Å². The van der Waals surface area contributed by atoms with E-state index < -0.39 is 7.94 Å². The number of rotatable bonds is 7. The summed E-state index contributed by atoms with van der Waals surface area (Å²) >= 11 is 6.16. The second-order valence-electron chi connectivity index (χ2n) is 10.8. The highest BCUT2D eigenvalue weighted by molar-refractivity contribution is 7.60. The van der Waals surface area contributed by atoms with Crippen molar-refractivity contribution < 1.29 is 23.8 Å². The number of aromatic hydroxyl groups is 1. The van der Waals surface area contributed by atoms with Gasteiger partial charge >= 0.3 is 7.94 Å². The molecule has 6 nitrogen and oxygen atoms in total. The van der Waals surface area contributed by atoms with Gasteiger partial charge in [0.1, 0.15) is 24.2 Å². The Labute approximate surface area is 236 Å². The molecule has 0 amide bonds. The van der Waals surface area contributed by atoms with Crippen LogP contribution in [-0.4, -0.2) is 27.9 Å². The van der Waals surface area contributed by atoms with E-state index in [-0.39, 0.29) is 12.5 Å². The van der Waals surface area contributed by atoms with Crippen molar-refractivity contribution in [3.05, 3.63) is 86.7 Å². The number of benzene rings is 2. The molecule has 39 heavy (non-hydrogen) atoms. The van der Waals surface area contributed by atoms with Gasteiger partial charge in [-0.05, 0) is 91.8 Å². The Bertz CT molecular complexity index is 1330. The van der Waals surface area contributed by atoms with E-state index in [2.05, 4.69) is 13.8 Å². The summed E-state index contributed by atoms with van der Waals surface area (Å²) < 4.78 is 17.9. The number of aromatic nitrogens is 1. The summed E-state index contributed by atoms with van der Waals surface area (Å²) in [5, 5.41) is 11.1. The predicted molar refractivity (Wildman–Crippen MR) is 156 cm³/mol. The average Bonchev–Trinajstić information content (AvgIpc) is 2.94. The molecular weight excluding hydrogens is 533 g/mol. The number of hydrogen-bond acceptors (Lipinski definition) is 6. The van der Waals surface area contributed by atoms with Gasteiger partial charge in [-0.3, -0.25) is 4.98 Å². The van der Waals surface area contributed by atoms with Gasteiger partial charge in [0.05, 0.1) is 5.69 Å². The molecule has 8 heteroatoms. The van der Waals surface area contributed by atoms with Crippen LogP contribution in [0, 0.1) is 20.8 Å². The lowest BCUT2D eigenvalue weighted by atomic mass is 9.86. The monoisotopic (exact) mass is 570 g/mol. The van der Waals surface area contributed by atoms with Crippen molar-refractivity contribution in [1.82, 2.24) is 4.98 Å². The third kappa shape index (κ3) is 6.58. The number of ether oxygens (including phenoxy) is 1. The van der Waals surface area contributed by atoms with Gasteiger partial charge in [-0.15, -0.1) is 0 Å². The fourth-order valence-corrected chi connectivity index (χ4v) is 7.44. The lowest BCUT2D eigenvalue weighted by molar-refractivity contribution is 0.0518. The number of aryl methyl sites for hydroxylation is 1. The standard InChI is InChI=1S/C31H37ClNO5P/c1-20-16-30(36-19-39(35)37-15-14-29(38-39)24-10-7-11-25(32)17-24)22(3)21(2)27(20)18-26-12-13-28(34)31(33-26)23-8-5-4-6-9-23/h7,10-13,16-17,23,29,35H,4-6,8-9,14-15,18-19H2,1-3H3/p+1. The van der Waals surface area contributed by atoms with E-state index in [0.29, 0.717) is 41.9 Å². The summed E-state index contributed by atoms with van der Waals surface area (Å²) in [5.74, 6) is 1.36. The Hall–Kier alpha value is -2.21. The normalized spacial score (nSPS) is 22.1. The van der Waals surface area contributed by atoms with Crippen LogP contribution in [0.5, 0.6) is 11.5 Å². The Morgan fingerprint density at radius 1 is 1.03 bits per heavy atom. The first kappa shape index (κ1) is 28.3. The molecule has 1 aromatic heterocycles. The van der Waals surface area contributed by atoms with Crippen molar-refractivity contribution >= 4 is 19.5 Å². The van der Waals surface area contributed by atoms with E-state index in [4.69, 9.17) is 30.4 Å². The van der Waals surface area contributed by atoms with E-state index in [1.807, 2.05) is 43.3 Å². The highest BCUT2D eigenvalue weighted by atomic mass is 35.5. The van der Waals surface area contributed by atoms with Crippen molar-refractivity contribution in [3.8, 4) is 11.5 Å². The van der Waals surface area contributed by atoms with E-state index >= 15 is 0 Å². The lowest BCUT2D eigenvalue weighted by Gasteiger charge is -2.28. The predicted octanol–water partition coefficient (Wildman–Crippen LogP) is 8.27. The molecule has 3 aromatic rings. The van der Waals surface area contributed by atoms with E-state index in [1.165, 1.54) is 24.8 Å². The molecule has 2 atom stereocenters. The van der Waals surface area contributed by atoms with Gasteiger partial charge in [0.2, 0.25) is 0 Å². The summed E-state index contributed by atoms with van der Waals surface area (Å²) in [6.45, 7) is 6.60. The average molecular weight is 571 g/mol. The first-order valence-electron chi connectivity index (χ1n) is 13.8. The molecule has 1 saturated heterocycles. The second-order valence-corrected chi connectivity index (χ2v) is 13.3. The lowest BCUT2D eigenvalue weighted by Crippen LogP contribution is -2.21. The van der Waals surface area contributed by atoms with Gasteiger partial charge in [-0.2, -0.15) is 13.9 Å². The molecule has 1 aliphatic carbocycles. The molecule has 0 radical (unpaired) electrons. The third-order valence-corrected chi connectivity index (χ3v) is 9.95. The van der Waals surface area contributed by atoms with Crippen LogP contribution in [0.1, 0.15) is 89.8 Å². The molecule has 1 aliphatic heterocycles. The molecule has 2 N–H and O–H groups in total. The molecule has 0 spiro atoms. The Balaban J connectivity index is 1.30. The van der Waals surface area contributed by atoms with Crippen LogP contribution >= 0.6 is 19.5 Å². The van der Waals surface area contributed by atoms with Crippen LogP contribution in [0.15, 0.2) is 42.5 Å². The Kier molecular flexibility index (Phi) is 8.80. The molecule has 2 aliphatic rings. The van der Waals surface area contributed by atoms with Gasteiger partial charge in [0.25, 0.3) is 6.35 Å². The molecule has 2 unspecified atom stereocenters. The molecule has 2 aromatic carbocycles. The van der Waals surface area contributed by atoms with Crippen molar-refractivity contribution in [2.75, 3.05) is 13.0 Å². The zero-order valence-electron chi connectivity index (χ0n) is 23.0. The van der Waals surface area contributed by atoms with Gasteiger partial charge < -0.3 is 9.84 Å². The third-order valence-electron chi connectivity index (χ3n) is 8.09. The summed E-state index contributed by atoms with van der Waals surface area (Å²) in [5.41, 5.74) is 7.17. The van der Waals surface area contributed by atoms with E-state index in [9.17, 15) is 10.00 Å². The Morgan fingerprint density at radius 2 is 1.82 bits per heavy atom. The zero-order chi connectivity index (χ0) is 27.6. The van der Waals surface area contributed by atoms with E-state index in [0.717, 1.165) is 46.5 Å². The highest BCUT2D eigenvalue weighted by Crippen LogP contribution is 2.63. The molecular formula is C31H38ClNO5P+. The first-order valence-corrected chi connectivity index (χ1v) is 16.0. The van der Waals surface area contributed by atoms with Gasteiger partial charge in [0, 0.05) is 29.5 Å². The SMILES string of the molecule is Cc1cc(OC[P+]2(O)OCCC(c3cccc(Cl)c3)O2)c(C)c(C)c1Cc1ccc(O)c(C2CCCCC2)n1. The van der Waals surface area contributed by atoms with Crippen molar-refractivity contribution in [2.24, 2.45) is 0 Å². The quantitative estimate of drug-likeness (QED) is 0.278. The van der Waals surface area contributed by atoms with Crippen LogP contribution < -0.4 is 4.74 Å². The smallest absolute Gasteiger partial charge is 0.449 e. The minimum atomic E-state index is -3.21. The topological polar surface area (TPSA) is 81.0 Å². The maximum absolute atomic E-state index is 11.1. The zero-order valence-corrected chi connectivity index (χ0v) is 24.6. The summed E-state index contributed by atoms with van der Waals surface area (Å²) in [4.78, 5) is 16.1. The van der Waals surface area contributed by atoms with Crippen molar-refractivity contribution in [1.29, 1.82) is 0 Å². The second kappa shape index (κ2) is 12.1. The van der Waals surface area contributed by atoms with E-state index in [1.54, 1.807) is 6.07 Å². The number of hydrogen-bond donors (Lipinski definition) is 2. The molecule has 2 fully saturated rings. The van der Waals surface area contributed by atoms with Crippen LogP contribution in [-0.2, 0) is 15.5 Å². The summed E-state index contributed by atoms with van der Waals surface area (Å²) in [6.07, 6.45) is 6.84. The van der Waals surface area contributed by atoms with Crippen LogP contribution in [0.3, 0.4) is 0 Å². The number of halogens is 1. The molecule has 208 valence electrons. The Morgan fingerprint density at radius 3 is 2.59 bits per heavy atom. The minimum absolute atomic E-state index is 0.0482. The number of pyridine rings is 1. The first-order chi connectivity index (χ1) is 18.7. The fraction of sp³-hybridized carbons (Fsp3) is 0.452. The van der Waals surface area contributed by atoms with Crippen LogP contribution in [0.4, 0.5) is 0 Å². The maximum Gasteiger partial charge on any atom is 0.449 e. The van der Waals surface area contributed by atoms with Crippen molar-refractivity contribution in [3.63, 3.8) is 0 Å². The van der Waals surface area contributed by atoms with Crippen LogP contribution in [0.25, 0.3) is 0 Å². The summed E-state index contributed by atoms with van der Waals surface area (Å²) in [6, 6.07) is 13.2. The van der Waals surface area contributed by atoms with Gasteiger partial charge in [-0.1, -0.05) is 43.0 Å². The molecule has 5 rings (SSSR count). The maximum atomic E-state index is 11.1. The van der Waals surface area contributed by atoms with Crippen LogP contribution in [0.2, 0.25) is 5.02 Å². The summed E-state index contributed by atoms with van der Waals surface area (Å²) in [7, 11) is -3.21. The number of nitrogens with zero attached hydrogens (tertiary/aromatic N) is 1. The minimum Gasteiger partial charge on any atom is -0.506 e. The highest BCUT2D eigenvalue weighted by Gasteiger charge is 2.49. The molecule has 1 saturated carbocycles. The van der Waals surface area contributed by atoms with Crippen molar-refractivity contribution in [2.45, 2.75) is 77.7 Å². The fourth-order valence-electron chi connectivity index (χ4n) is 5.72. The molecule has 0 bridgehead atoms. The van der Waals surface area contributed by atoms with Gasteiger partial charge in [-0.25, -0.2) is 0 Å². The molecule has 2 heterocycles.